The first-order valence-corrected chi connectivity index (χ1v) is 7.93. The molecule has 2 saturated heterocycles. The van der Waals surface area contributed by atoms with Gasteiger partial charge in [-0.1, -0.05) is 6.92 Å². The zero-order chi connectivity index (χ0) is 15.2. The van der Waals surface area contributed by atoms with E-state index in [1.54, 1.807) is 0 Å². The van der Waals surface area contributed by atoms with Crippen molar-refractivity contribution in [3.05, 3.63) is 0 Å². The fourth-order valence-electron chi connectivity index (χ4n) is 3.08. The fraction of sp³-hybridized carbons (Fsp3) is 0.867. The van der Waals surface area contributed by atoms with Gasteiger partial charge in [0.15, 0.2) is 0 Å². The Labute approximate surface area is 127 Å². The van der Waals surface area contributed by atoms with Gasteiger partial charge in [0.2, 0.25) is 0 Å². The third-order valence-corrected chi connectivity index (χ3v) is 4.43. The van der Waals surface area contributed by atoms with Crippen molar-refractivity contribution in [3.8, 4) is 0 Å². The SMILES string of the molecule is COC(=O)CCN1CCN(C(=O)N2CCCC(C)C2)CC1. The molecule has 2 aliphatic heterocycles. The first kappa shape index (κ1) is 16.1. The quantitative estimate of drug-likeness (QED) is 0.730. The molecule has 6 heteroatoms. The molecule has 6 nitrogen and oxygen atoms in total. The lowest BCUT2D eigenvalue weighted by atomic mass is 10.0. The van der Waals surface area contributed by atoms with Crippen molar-refractivity contribution in [3.63, 3.8) is 0 Å². The molecule has 0 bridgehead atoms. The molecule has 0 radical (unpaired) electrons. The van der Waals surface area contributed by atoms with Crippen LogP contribution in [0.5, 0.6) is 0 Å². The van der Waals surface area contributed by atoms with Gasteiger partial charge >= 0.3 is 12.0 Å². The van der Waals surface area contributed by atoms with Crippen molar-refractivity contribution >= 4 is 12.0 Å². The molecule has 1 unspecified atom stereocenters. The summed E-state index contributed by atoms with van der Waals surface area (Å²) in [5.41, 5.74) is 0. The highest BCUT2D eigenvalue weighted by molar-refractivity contribution is 5.74. The zero-order valence-electron chi connectivity index (χ0n) is 13.2. The molecule has 2 fully saturated rings. The number of carbonyl (C=O) groups excluding carboxylic acids is 2. The molecule has 21 heavy (non-hydrogen) atoms. The van der Waals surface area contributed by atoms with Gasteiger partial charge in [0.1, 0.15) is 0 Å². The molecule has 1 atom stereocenters. The van der Waals surface area contributed by atoms with Gasteiger partial charge in [0.05, 0.1) is 13.5 Å². The van der Waals surface area contributed by atoms with Gasteiger partial charge in [-0.2, -0.15) is 0 Å². The largest absolute Gasteiger partial charge is 0.469 e. The Morgan fingerprint density at radius 3 is 2.43 bits per heavy atom. The summed E-state index contributed by atoms with van der Waals surface area (Å²) in [6.45, 7) is 7.90. The third kappa shape index (κ3) is 4.59. The standard InChI is InChI=1S/C15H27N3O3/c1-13-4-3-6-18(12-13)15(20)17-10-8-16(9-11-17)7-5-14(19)21-2/h13H,3-12H2,1-2H3. The summed E-state index contributed by atoms with van der Waals surface area (Å²) in [4.78, 5) is 29.8. The van der Waals surface area contributed by atoms with Gasteiger partial charge < -0.3 is 14.5 Å². The van der Waals surface area contributed by atoms with Crippen LogP contribution < -0.4 is 0 Å². The summed E-state index contributed by atoms with van der Waals surface area (Å²) < 4.78 is 4.65. The van der Waals surface area contributed by atoms with Crippen LogP contribution in [0.2, 0.25) is 0 Å². The zero-order valence-corrected chi connectivity index (χ0v) is 13.2. The van der Waals surface area contributed by atoms with Crippen molar-refractivity contribution in [1.82, 2.24) is 14.7 Å². The van der Waals surface area contributed by atoms with Crippen LogP contribution in [-0.2, 0) is 9.53 Å². The summed E-state index contributed by atoms with van der Waals surface area (Å²) in [6.07, 6.45) is 2.77. The van der Waals surface area contributed by atoms with E-state index < -0.39 is 0 Å². The number of rotatable bonds is 3. The highest BCUT2D eigenvalue weighted by atomic mass is 16.5. The minimum absolute atomic E-state index is 0.171. The van der Waals surface area contributed by atoms with E-state index in [1.807, 2.05) is 9.80 Å². The van der Waals surface area contributed by atoms with Crippen LogP contribution in [0.4, 0.5) is 4.79 Å². The van der Waals surface area contributed by atoms with Gasteiger partial charge in [0, 0.05) is 45.8 Å². The molecule has 0 aromatic rings. The Balaban J connectivity index is 1.73. The van der Waals surface area contributed by atoms with Crippen molar-refractivity contribution < 1.29 is 14.3 Å². The molecular weight excluding hydrogens is 270 g/mol. The second-order valence-electron chi connectivity index (χ2n) is 6.13. The highest BCUT2D eigenvalue weighted by Gasteiger charge is 2.27. The molecule has 0 aliphatic carbocycles. The predicted molar refractivity (Wildman–Crippen MR) is 80.0 cm³/mol. The minimum Gasteiger partial charge on any atom is -0.469 e. The van der Waals surface area contributed by atoms with E-state index in [9.17, 15) is 9.59 Å². The number of ether oxygens (including phenoxy) is 1. The summed E-state index contributed by atoms with van der Waals surface area (Å²) in [5, 5.41) is 0. The first-order valence-electron chi connectivity index (χ1n) is 7.93. The normalized spacial score (nSPS) is 24.0. The van der Waals surface area contributed by atoms with Crippen molar-refractivity contribution in [2.45, 2.75) is 26.2 Å². The Morgan fingerprint density at radius 1 is 1.10 bits per heavy atom. The maximum absolute atomic E-state index is 12.5. The Hall–Kier alpha value is -1.30. The molecule has 2 heterocycles. The second-order valence-corrected chi connectivity index (χ2v) is 6.13. The highest BCUT2D eigenvalue weighted by Crippen LogP contribution is 2.17. The lowest BCUT2D eigenvalue weighted by molar-refractivity contribution is -0.141. The Bertz CT molecular complexity index is 367. The number of piperazine rings is 1. The molecule has 0 aromatic heterocycles. The van der Waals surface area contributed by atoms with Crippen LogP contribution >= 0.6 is 0 Å². The topological polar surface area (TPSA) is 53.1 Å². The number of likely N-dealkylation sites (tertiary alicyclic amines) is 1. The summed E-state index contributed by atoms with van der Waals surface area (Å²) in [7, 11) is 1.42. The van der Waals surface area contributed by atoms with Crippen LogP contribution in [0.25, 0.3) is 0 Å². The van der Waals surface area contributed by atoms with E-state index >= 15 is 0 Å². The van der Waals surface area contributed by atoms with E-state index in [0.717, 1.165) is 52.2 Å². The molecule has 0 saturated carbocycles. The number of methoxy groups -OCH3 is 1. The first-order chi connectivity index (χ1) is 10.1. The predicted octanol–water partition coefficient (Wildman–Crippen LogP) is 1.02. The molecule has 120 valence electrons. The van der Waals surface area contributed by atoms with E-state index in [2.05, 4.69) is 16.6 Å². The molecule has 2 amide bonds. The lowest BCUT2D eigenvalue weighted by Crippen LogP contribution is -2.54. The Kier molecular flexibility index (Phi) is 5.85. The van der Waals surface area contributed by atoms with Gasteiger partial charge in [-0.15, -0.1) is 0 Å². The molecule has 0 aromatic carbocycles. The third-order valence-electron chi connectivity index (χ3n) is 4.43. The number of carbonyl (C=O) groups is 2. The van der Waals surface area contributed by atoms with Crippen molar-refractivity contribution in [1.29, 1.82) is 0 Å². The van der Waals surface area contributed by atoms with Crippen LogP contribution in [0.3, 0.4) is 0 Å². The van der Waals surface area contributed by atoms with Crippen molar-refractivity contribution in [2.75, 3.05) is 52.9 Å². The smallest absolute Gasteiger partial charge is 0.320 e. The van der Waals surface area contributed by atoms with E-state index in [-0.39, 0.29) is 12.0 Å². The van der Waals surface area contributed by atoms with Crippen LogP contribution in [0.15, 0.2) is 0 Å². The minimum atomic E-state index is -0.171. The molecule has 0 spiro atoms. The molecule has 0 N–H and O–H groups in total. The molecule has 2 aliphatic rings. The van der Waals surface area contributed by atoms with E-state index in [1.165, 1.54) is 13.5 Å². The van der Waals surface area contributed by atoms with Crippen LogP contribution in [0.1, 0.15) is 26.2 Å². The van der Waals surface area contributed by atoms with E-state index in [0.29, 0.717) is 12.3 Å². The number of hydrogen-bond donors (Lipinski definition) is 0. The average Bonchev–Trinajstić information content (AvgIpc) is 2.52. The summed E-state index contributed by atoms with van der Waals surface area (Å²) in [5.74, 6) is 0.444. The second kappa shape index (κ2) is 7.64. The number of urea groups is 1. The number of esters is 1. The van der Waals surface area contributed by atoms with Gasteiger partial charge in [0.25, 0.3) is 0 Å². The van der Waals surface area contributed by atoms with Crippen LogP contribution in [-0.4, -0.2) is 79.6 Å². The molecule has 2 rings (SSSR count). The van der Waals surface area contributed by atoms with Gasteiger partial charge in [-0.25, -0.2) is 4.79 Å². The monoisotopic (exact) mass is 297 g/mol. The summed E-state index contributed by atoms with van der Waals surface area (Å²) >= 11 is 0. The molecular formula is C15H27N3O3. The number of nitrogens with zero attached hydrogens (tertiary/aromatic N) is 3. The summed E-state index contributed by atoms with van der Waals surface area (Å²) in [6, 6.07) is 0.189. The van der Waals surface area contributed by atoms with E-state index in [4.69, 9.17) is 0 Å². The van der Waals surface area contributed by atoms with Crippen LogP contribution in [0, 0.1) is 5.92 Å². The maximum Gasteiger partial charge on any atom is 0.320 e. The average molecular weight is 297 g/mol. The van der Waals surface area contributed by atoms with Crippen molar-refractivity contribution in [2.24, 2.45) is 5.92 Å². The fourth-order valence-corrected chi connectivity index (χ4v) is 3.08. The van der Waals surface area contributed by atoms with Gasteiger partial charge in [-0.05, 0) is 18.8 Å². The number of hydrogen-bond acceptors (Lipinski definition) is 4. The lowest BCUT2D eigenvalue weighted by Gasteiger charge is -2.39. The number of piperidine rings is 1. The Morgan fingerprint density at radius 2 is 1.81 bits per heavy atom. The number of amides is 2. The maximum atomic E-state index is 12.5. The van der Waals surface area contributed by atoms with Gasteiger partial charge in [-0.3, -0.25) is 9.69 Å².